The molecule has 37 heavy (non-hydrogen) atoms. The molecule has 5 rings (SSSR count). The lowest BCUT2D eigenvalue weighted by Crippen LogP contribution is -2.46. The largest absolute Gasteiger partial charge is 0.497 e. The van der Waals surface area contributed by atoms with Gasteiger partial charge in [-0.25, -0.2) is 14.5 Å². The molecule has 3 aromatic rings. The molecule has 0 radical (unpaired) electrons. The standard InChI is InChI=1S/C28H30Cl2N4O3/c1-36-22-12-9-19(10-13-22)17-20-7-3-4-8-23-26(20)34(25-14-11-21(29)18-24(25)30)31-27(23)37-28(35)32-33-15-5-2-6-16-33/h9-14,17-18H,2-8,15-16H2,1H3,(H,32,35)/b20-17+. The van der Waals surface area contributed by atoms with Crippen LogP contribution in [0, 0.1) is 0 Å². The highest BCUT2D eigenvalue weighted by Crippen LogP contribution is 2.39. The van der Waals surface area contributed by atoms with Crippen molar-refractivity contribution in [1.29, 1.82) is 0 Å². The molecule has 0 atom stereocenters. The predicted molar refractivity (Wildman–Crippen MR) is 147 cm³/mol. The normalized spacial score (nSPS) is 17.2. The topological polar surface area (TPSA) is 68.6 Å². The van der Waals surface area contributed by atoms with E-state index in [4.69, 9.17) is 37.8 Å². The Balaban J connectivity index is 1.56. The van der Waals surface area contributed by atoms with Crippen LogP contribution in [-0.4, -0.2) is 41.1 Å². The number of ether oxygens (including phenoxy) is 2. The Morgan fingerprint density at radius 3 is 2.49 bits per heavy atom. The number of aromatic nitrogens is 2. The highest BCUT2D eigenvalue weighted by atomic mass is 35.5. The van der Waals surface area contributed by atoms with E-state index in [2.05, 4.69) is 11.5 Å². The summed E-state index contributed by atoms with van der Waals surface area (Å²) in [4.78, 5) is 12.8. The van der Waals surface area contributed by atoms with Crippen LogP contribution in [0.15, 0.2) is 42.5 Å². The third-order valence-electron chi connectivity index (χ3n) is 6.76. The van der Waals surface area contributed by atoms with Crippen LogP contribution in [0.4, 0.5) is 4.79 Å². The molecule has 1 N–H and O–H groups in total. The van der Waals surface area contributed by atoms with Crippen molar-refractivity contribution in [2.24, 2.45) is 0 Å². The Morgan fingerprint density at radius 1 is 1.00 bits per heavy atom. The molecule has 2 heterocycles. The molecule has 1 aromatic heterocycles. The molecule has 0 saturated carbocycles. The van der Waals surface area contributed by atoms with Gasteiger partial charge >= 0.3 is 6.09 Å². The highest BCUT2D eigenvalue weighted by Gasteiger charge is 2.28. The Kier molecular flexibility index (Phi) is 8.03. The molecule has 1 fully saturated rings. The molecule has 0 unspecified atom stereocenters. The monoisotopic (exact) mass is 540 g/mol. The van der Waals surface area contributed by atoms with E-state index in [1.165, 1.54) is 6.42 Å². The fourth-order valence-electron chi connectivity index (χ4n) is 4.92. The maximum atomic E-state index is 12.8. The maximum Gasteiger partial charge on any atom is 0.428 e. The molecule has 1 saturated heterocycles. The first-order valence-corrected chi connectivity index (χ1v) is 13.4. The first kappa shape index (κ1) is 25.6. The minimum absolute atomic E-state index is 0.304. The van der Waals surface area contributed by atoms with Crippen LogP contribution in [0.2, 0.25) is 10.0 Å². The molecule has 1 aliphatic carbocycles. The van der Waals surface area contributed by atoms with Gasteiger partial charge in [-0.15, -0.1) is 5.10 Å². The predicted octanol–water partition coefficient (Wildman–Crippen LogP) is 6.94. The minimum Gasteiger partial charge on any atom is -0.497 e. The van der Waals surface area contributed by atoms with Gasteiger partial charge in [0, 0.05) is 23.7 Å². The number of rotatable bonds is 5. The third-order valence-corrected chi connectivity index (χ3v) is 7.30. The SMILES string of the molecule is COc1ccc(/C=C2\CCCCc3c(OC(=O)NN4CCCCC4)nn(-c4ccc(Cl)cc4Cl)c32)cc1. The van der Waals surface area contributed by atoms with Crippen LogP contribution in [-0.2, 0) is 6.42 Å². The van der Waals surface area contributed by atoms with Crippen LogP contribution in [0.1, 0.15) is 55.3 Å². The van der Waals surface area contributed by atoms with Gasteiger partial charge in [-0.05, 0) is 86.1 Å². The van der Waals surface area contributed by atoms with E-state index in [0.29, 0.717) is 21.6 Å². The van der Waals surface area contributed by atoms with E-state index in [0.717, 1.165) is 79.8 Å². The lowest BCUT2D eigenvalue weighted by atomic mass is 10.0. The van der Waals surface area contributed by atoms with Gasteiger partial charge in [0.1, 0.15) is 5.75 Å². The summed E-state index contributed by atoms with van der Waals surface area (Å²) in [7, 11) is 1.66. The lowest BCUT2D eigenvalue weighted by Gasteiger charge is -2.26. The van der Waals surface area contributed by atoms with Crippen LogP contribution < -0.4 is 14.9 Å². The maximum absolute atomic E-state index is 12.8. The third kappa shape index (κ3) is 5.95. The van der Waals surface area contributed by atoms with Crippen molar-refractivity contribution in [2.45, 2.75) is 44.9 Å². The van der Waals surface area contributed by atoms with E-state index >= 15 is 0 Å². The fraction of sp³-hybridized carbons (Fsp3) is 0.357. The first-order chi connectivity index (χ1) is 18.0. The molecule has 7 nitrogen and oxygen atoms in total. The molecule has 0 spiro atoms. The van der Waals surface area contributed by atoms with Crippen molar-refractivity contribution in [3.8, 4) is 17.3 Å². The van der Waals surface area contributed by atoms with Crippen molar-refractivity contribution < 1.29 is 14.3 Å². The van der Waals surface area contributed by atoms with Crippen molar-refractivity contribution in [3.63, 3.8) is 0 Å². The van der Waals surface area contributed by atoms with Crippen LogP contribution >= 0.6 is 23.2 Å². The summed E-state index contributed by atoms with van der Waals surface area (Å²) >= 11 is 12.8. The second kappa shape index (κ2) is 11.6. The number of carbonyl (C=O) groups excluding carboxylic acids is 1. The average Bonchev–Trinajstić information content (AvgIpc) is 3.10. The minimum atomic E-state index is -0.526. The molecule has 9 heteroatoms. The number of benzene rings is 2. The summed E-state index contributed by atoms with van der Waals surface area (Å²) < 4.78 is 12.9. The van der Waals surface area contributed by atoms with Gasteiger partial charge in [-0.3, -0.25) is 5.43 Å². The number of nitrogens with one attached hydrogen (secondary N) is 1. The van der Waals surface area contributed by atoms with Gasteiger partial charge in [-0.1, -0.05) is 41.8 Å². The molecule has 1 aliphatic heterocycles. The van der Waals surface area contributed by atoms with Crippen LogP contribution in [0.5, 0.6) is 11.6 Å². The number of hydrazine groups is 1. The van der Waals surface area contributed by atoms with Crippen molar-refractivity contribution in [1.82, 2.24) is 20.2 Å². The molecule has 194 valence electrons. The number of allylic oxidation sites excluding steroid dienone is 1. The van der Waals surface area contributed by atoms with Crippen LogP contribution in [0.3, 0.4) is 0 Å². The molecular weight excluding hydrogens is 511 g/mol. The number of methoxy groups -OCH3 is 1. The summed E-state index contributed by atoms with van der Waals surface area (Å²) in [5.41, 5.74) is 7.50. The number of halogens is 2. The van der Waals surface area contributed by atoms with Gasteiger partial charge in [0.05, 0.1) is 23.5 Å². The summed E-state index contributed by atoms with van der Waals surface area (Å²) in [5, 5.41) is 7.69. The van der Waals surface area contributed by atoms with Crippen molar-refractivity contribution in [2.75, 3.05) is 20.2 Å². The Bertz CT molecular complexity index is 1300. The van der Waals surface area contributed by atoms with E-state index < -0.39 is 6.09 Å². The number of hydrogen-bond donors (Lipinski definition) is 1. The van der Waals surface area contributed by atoms with Gasteiger partial charge < -0.3 is 9.47 Å². The second-order valence-corrected chi connectivity index (χ2v) is 10.2. The number of carbonyl (C=O) groups is 1. The average molecular weight is 541 g/mol. The van der Waals surface area contributed by atoms with Crippen molar-refractivity contribution in [3.05, 3.63) is 69.3 Å². The molecule has 0 bridgehead atoms. The van der Waals surface area contributed by atoms with Gasteiger partial charge in [0.2, 0.25) is 5.88 Å². The molecule has 2 aliphatic rings. The zero-order valence-electron chi connectivity index (χ0n) is 20.8. The van der Waals surface area contributed by atoms with E-state index in [1.54, 1.807) is 23.9 Å². The summed E-state index contributed by atoms with van der Waals surface area (Å²) in [6.07, 6.45) is 8.47. The summed E-state index contributed by atoms with van der Waals surface area (Å²) in [6, 6.07) is 13.2. The van der Waals surface area contributed by atoms with E-state index in [9.17, 15) is 4.79 Å². The van der Waals surface area contributed by atoms with Crippen LogP contribution in [0.25, 0.3) is 17.3 Å². The van der Waals surface area contributed by atoms with E-state index in [-0.39, 0.29) is 0 Å². The molecular formula is C28H30Cl2N4O3. The molecule has 1 amide bonds. The number of amides is 1. The Morgan fingerprint density at radius 2 is 1.76 bits per heavy atom. The van der Waals surface area contributed by atoms with Gasteiger partial charge in [0.15, 0.2) is 0 Å². The quantitative estimate of drug-likeness (QED) is 0.355. The van der Waals surface area contributed by atoms with E-state index in [1.807, 2.05) is 35.3 Å². The Labute approximate surface area is 226 Å². The second-order valence-electron chi connectivity index (χ2n) is 9.34. The number of nitrogens with zero attached hydrogens (tertiary/aromatic N) is 3. The molecule has 2 aromatic carbocycles. The number of hydrogen-bond acceptors (Lipinski definition) is 5. The lowest BCUT2D eigenvalue weighted by molar-refractivity contribution is 0.127. The highest BCUT2D eigenvalue weighted by molar-refractivity contribution is 6.35. The van der Waals surface area contributed by atoms with Gasteiger partial charge in [0.25, 0.3) is 0 Å². The summed E-state index contributed by atoms with van der Waals surface area (Å²) in [6.45, 7) is 1.63. The first-order valence-electron chi connectivity index (χ1n) is 12.7. The number of piperidine rings is 1. The Hall–Kier alpha value is -3.00. The fourth-order valence-corrected chi connectivity index (χ4v) is 5.41. The number of fused-ring (bicyclic) bond motifs is 1. The zero-order chi connectivity index (χ0) is 25.8. The zero-order valence-corrected chi connectivity index (χ0v) is 22.3. The summed E-state index contributed by atoms with van der Waals surface area (Å²) in [5.74, 6) is 1.11. The van der Waals surface area contributed by atoms with Crippen molar-refractivity contribution >= 4 is 40.9 Å². The van der Waals surface area contributed by atoms with Gasteiger partial charge in [-0.2, -0.15) is 0 Å². The smallest absolute Gasteiger partial charge is 0.428 e.